The van der Waals surface area contributed by atoms with Gasteiger partial charge >= 0.3 is 0 Å². The molecule has 1 aliphatic carbocycles. The molecule has 1 aliphatic rings. The van der Waals surface area contributed by atoms with Crippen LogP contribution in [0.4, 0.5) is 0 Å². The van der Waals surface area contributed by atoms with Gasteiger partial charge in [0.15, 0.2) is 0 Å². The minimum absolute atomic E-state index is 0.680. The fourth-order valence-electron chi connectivity index (χ4n) is 3.63. The maximum absolute atomic E-state index is 2.46. The van der Waals surface area contributed by atoms with E-state index in [1.165, 1.54) is 45.4 Å². The zero-order chi connectivity index (χ0) is 15.9. The van der Waals surface area contributed by atoms with Gasteiger partial charge in [0.2, 0.25) is 0 Å². The van der Waals surface area contributed by atoms with Gasteiger partial charge in [-0.1, -0.05) is 67.0 Å². The molecule has 0 fully saturated rings. The third-order valence-corrected chi connectivity index (χ3v) is 5.02. The highest BCUT2D eigenvalue weighted by Gasteiger charge is 2.21. The average Bonchev–Trinajstić information content (AvgIpc) is 2.89. The number of aryl methyl sites for hydroxylation is 3. The van der Waals surface area contributed by atoms with E-state index >= 15 is 0 Å². The molecule has 1 atom stereocenters. The lowest BCUT2D eigenvalue weighted by Crippen LogP contribution is -1.97. The summed E-state index contributed by atoms with van der Waals surface area (Å²) >= 11 is 0. The zero-order valence-corrected chi connectivity index (χ0v) is 14.5. The molecule has 0 nitrogen and oxygen atoms in total. The van der Waals surface area contributed by atoms with Crippen molar-refractivity contribution in [1.29, 1.82) is 0 Å². The van der Waals surface area contributed by atoms with Crippen LogP contribution in [0.15, 0.2) is 35.9 Å². The first-order chi connectivity index (χ1) is 10.5. The quantitative estimate of drug-likeness (QED) is 0.625. The average molecular weight is 290 g/mol. The fraction of sp³-hybridized carbons (Fsp3) is 0.364. The molecule has 0 bridgehead atoms. The van der Waals surface area contributed by atoms with Gasteiger partial charge in [0.05, 0.1) is 0 Å². The Bertz CT molecular complexity index is 727. The van der Waals surface area contributed by atoms with E-state index in [0.29, 0.717) is 5.92 Å². The second-order valence-corrected chi connectivity index (χ2v) is 6.91. The van der Waals surface area contributed by atoms with E-state index < -0.39 is 0 Å². The van der Waals surface area contributed by atoms with Crippen LogP contribution in [0.3, 0.4) is 0 Å². The van der Waals surface area contributed by atoms with Gasteiger partial charge < -0.3 is 0 Å². The van der Waals surface area contributed by atoms with E-state index in [4.69, 9.17) is 0 Å². The van der Waals surface area contributed by atoms with Crippen LogP contribution < -0.4 is 0 Å². The second kappa shape index (κ2) is 5.76. The Morgan fingerprint density at radius 2 is 1.68 bits per heavy atom. The summed E-state index contributed by atoms with van der Waals surface area (Å²) < 4.78 is 0. The maximum Gasteiger partial charge on any atom is -0.00549 e. The van der Waals surface area contributed by atoms with E-state index in [1.54, 1.807) is 5.57 Å². The molecule has 0 saturated carbocycles. The molecule has 1 unspecified atom stereocenters. The van der Waals surface area contributed by atoms with Gasteiger partial charge in [-0.15, -0.1) is 0 Å². The van der Waals surface area contributed by atoms with Crippen LogP contribution in [0.5, 0.6) is 0 Å². The molecule has 0 aliphatic heterocycles. The van der Waals surface area contributed by atoms with Gasteiger partial charge in [-0.25, -0.2) is 0 Å². The van der Waals surface area contributed by atoms with Crippen LogP contribution >= 0.6 is 0 Å². The summed E-state index contributed by atoms with van der Waals surface area (Å²) in [5.74, 6) is 0.680. The van der Waals surface area contributed by atoms with Gasteiger partial charge in [0, 0.05) is 0 Å². The van der Waals surface area contributed by atoms with E-state index in [1.807, 2.05) is 0 Å². The smallest absolute Gasteiger partial charge is 0.00549 e. The molecule has 0 heterocycles. The standard InChI is InChI=1S/C22H26/c1-6-16(4)19-12-18-8-7-17(5)22(21(18)13-19)20-10-14(2)9-15(3)11-20/h7-11,13,16H,6,12H2,1-5H3. The van der Waals surface area contributed by atoms with Crippen molar-refractivity contribution in [3.05, 3.63) is 63.7 Å². The highest BCUT2D eigenvalue weighted by Crippen LogP contribution is 2.39. The summed E-state index contributed by atoms with van der Waals surface area (Å²) in [6, 6.07) is 11.5. The van der Waals surface area contributed by atoms with Crippen LogP contribution in [0.25, 0.3) is 17.2 Å². The molecule has 0 spiro atoms. The van der Waals surface area contributed by atoms with Crippen molar-refractivity contribution in [3.63, 3.8) is 0 Å². The van der Waals surface area contributed by atoms with Crippen LogP contribution in [0.2, 0.25) is 0 Å². The first-order valence-corrected chi connectivity index (χ1v) is 8.41. The number of fused-ring (bicyclic) bond motifs is 1. The van der Waals surface area contributed by atoms with Crippen molar-refractivity contribution in [3.8, 4) is 11.1 Å². The Kier molecular flexibility index (Phi) is 3.95. The predicted molar refractivity (Wildman–Crippen MR) is 97.2 cm³/mol. The SMILES string of the molecule is CCC(C)C1=Cc2c(ccc(C)c2-c2cc(C)cc(C)c2)C1. The van der Waals surface area contributed by atoms with Crippen LogP contribution in [-0.2, 0) is 6.42 Å². The van der Waals surface area contributed by atoms with E-state index in [2.05, 4.69) is 71.0 Å². The van der Waals surface area contributed by atoms with Gasteiger partial charge in [0.25, 0.3) is 0 Å². The Morgan fingerprint density at radius 1 is 1.00 bits per heavy atom. The van der Waals surface area contributed by atoms with Crippen molar-refractivity contribution in [2.45, 2.75) is 47.5 Å². The highest BCUT2D eigenvalue weighted by molar-refractivity contribution is 5.83. The number of hydrogen-bond donors (Lipinski definition) is 0. The predicted octanol–water partition coefficient (Wildman–Crippen LogP) is 6.26. The first-order valence-electron chi connectivity index (χ1n) is 8.41. The molecule has 0 aromatic heterocycles. The van der Waals surface area contributed by atoms with Gasteiger partial charge in [0.1, 0.15) is 0 Å². The number of allylic oxidation sites excluding steroid dienone is 1. The van der Waals surface area contributed by atoms with Gasteiger partial charge in [-0.05, 0) is 67.3 Å². The van der Waals surface area contributed by atoms with Crippen molar-refractivity contribution in [2.24, 2.45) is 5.92 Å². The Balaban J connectivity index is 2.18. The van der Waals surface area contributed by atoms with Crippen LogP contribution in [0.1, 0.15) is 48.1 Å². The van der Waals surface area contributed by atoms with E-state index in [9.17, 15) is 0 Å². The summed E-state index contributed by atoms with van der Waals surface area (Å²) in [5.41, 5.74) is 11.4. The molecule has 0 amide bonds. The summed E-state index contributed by atoms with van der Waals surface area (Å²) in [5, 5.41) is 0. The molecule has 0 saturated heterocycles. The number of rotatable bonds is 3. The van der Waals surface area contributed by atoms with Crippen molar-refractivity contribution < 1.29 is 0 Å². The lowest BCUT2D eigenvalue weighted by molar-refractivity contribution is 0.647. The first kappa shape index (κ1) is 15.1. The Labute approximate surface area is 134 Å². The largest absolute Gasteiger partial charge is 0.0648 e. The van der Waals surface area contributed by atoms with Crippen LogP contribution in [-0.4, -0.2) is 0 Å². The fourth-order valence-corrected chi connectivity index (χ4v) is 3.63. The van der Waals surface area contributed by atoms with Gasteiger partial charge in [-0.2, -0.15) is 0 Å². The summed E-state index contributed by atoms with van der Waals surface area (Å²) in [6.07, 6.45) is 4.81. The molecule has 114 valence electrons. The number of benzene rings is 2. The third kappa shape index (κ3) is 2.63. The van der Waals surface area contributed by atoms with E-state index in [-0.39, 0.29) is 0 Å². The Morgan fingerprint density at radius 3 is 2.32 bits per heavy atom. The maximum atomic E-state index is 2.46. The molecule has 2 aromatic carbocycles. The summed E-state index contributed by atoms with van der Waals surface area (Å²) in [4.78, 5) is 0. The van der Waals surface area contributed by atoms with E-state index in [0.717, 1.165) is 6.42 Å². The molecule has 0 N–H and O–H groups in total. The monoisotopic (exact) mass is 290 g/mol. The topological polar surface area (TPSA) is 0 Å². The molecule has 0 radical (unpaired) electrons. The normalized spacial score (nSPS) is 14.7. The third-order valence-electron chi connectivity index (χ3n) is 5.02. The van der Waals surface area contributed by atoms with Crippen molar-refractivity contribution in [1.82, 2.24) is 0 Å². The molecular weight excluding hydrogens is 264 g/mol. The minimum atomic E-state index is 0.680. The summed E-state index contributed by atoms with van der Waals surface area (Å²) in [7, 11) is 0. The Hall–Kier alpha value is -1.82. The van der Waals surface area contributed by atoms with Crippen molar-refractivity contribution >= 4 is 6.08 Å². The van der Waals surface area contributed by atoms with Crippen LogP contribution in [0, 0.1) is 26.7 Å². The second-order valence-electron chi connectivity index (χ2n) is 6.91. The van der Waals surface area contributed by atoms with Crippen molar-refractivity contribution in [2.75, 3.05) is 0 Å². The number of hydrogen-bond acceptors (Lipinski definition) is 0. The lowest BCUT2D eigenvalue weighted by Gasteiger charge is -2.13. The highest BCUT2D eigenvalue weighted by atomic mass is 14.2. The zero-order valence-electron chi connectivity index (χ0n) is 14.5. The van der Waals surface area contributed by atoms with Gasteiger partial charge in [-0.3, -0.25) is 0 Å². The summed E-state index contributed by atoms with van der Waals surface area (Å²) in [6.45, 7) is 11.2. The molecule has 3 rings (SSSR count). The molecule has 0 heteroatoms. The molecular formula is C22H26. The molecule has 2 aromatic rings. The lowest BCUT2D eigenvalue weighted by atomic mass is 9.91. The minimum Gasteiger partial charge on any atom is -0.0648 e. The molecule has 22 heavy (non-hydrogen) atoms.